The molecular weight excluding hydrogens is 415 g/mol. The van der Waals surface area contributed by atoms with Crippen molar-refractivity contribution in [3.05, 3.63) is 53.5 Å². The summed E-state index contributed by atoms with van der Waals surface area (Å²) in [6.45, 7) is 2.66. The molecule has 0 fully saturated rings. The summed E-state index contributed by atoms with van der Waals surface area (Å²) < 4.78 is 39.7. The molecule has 0 bridgehead atoms. The molecule has 0 saturated heterocycles. The number of hydrogen-bond acceptors (Lipinski definition) is 5. The van der Waals surface area contributed by atoms with Crippen LogP contribution < -0.4 is 16.0 Å². The Hall–Kier alpha value is -3.47. The van der Waals surface area contributed by atoms with Gasteiger partial charge < -0.3 is 16.0 Å². The first-order valence-electron chi connectivity index (χ1n) is 9.23. The predicted octanol–water partition coefficient (Wildman–Crippen LogP) is 1.82. The number of nitrogens with zero attached hydrogens (tertiary/aromatic N) is 2. The van der Waals surface area contributed by atoms with Crippen LogP contribution in [-0.2, 0) is 14.4 Å². The van der Waals surface area contributed by atoms with Crippen molar-refractivity contribution < 1.29 is 27.6 Å². The smallest absolute Gasteiger partial charge is 0.243 e. The van der Waals surface area contributed by atoms with Crippen molar-refractivity contribution in [2.75, 3.05) is 30.8 Å². The van der Waals surface area contributed by atoms with Crippen LogP contribution in [0.1, 0.15) is 12.6 Å². The zero-order valence-corrected chi connectivity index (χ0v) is 17.1. The van der Waals surface area contributed by atoms with Crippen LogP contribution in [0.25, 0.3) is 0 Å². The van der Waals surface area contributed by atoms with Gasteiger partial charge in [-0.05, 0) is 45.2 Å². The molecule has 0 spiro atoms. The van der Waals surface area contributed by atoms with Gasteiger partial charge in [0, 0.05) is 5.69 Å². The molecule has 8 nitrogen and oxygen atoms in total. The van der Waals surface area contributed by atoms with Gasteiger partial charge in [0.1, 0.15) is 5.82 Å². The normalized spacial score (nSPS) is 11.7. The number of likely N-dealkylation sites (N-methyl/N-ethyl adjacent to an activating group) is 1. The van der Waals surface area contributed by atoms with Gasteiger partial charge in [0.05, 0.1) is 24.8 Å². The van der Waals surface area contributed by atoms with Crippen molar-refractivity contribution in [2.45, 2.75) is 19.9 Å². The van der Waals surface area contributed by atoms with Crippen molar-refractivity contribution in [1.29, 1.82) is 0 Å². The number of hydrogen-bond donors (Lipinski definition) is 3. The van der Waals surface area contributed by atoms with Gasteiger partial charge >= 0.3 is 0 Å². The van der Waals surface area contributed by atoms with Crippen LogP contribution in [0.3, 0.4) is 0 Å². The number of nitrogens with one attached hydrogen (secondary N) is 3. The standard InChI is InChI=1S/C20H22F3N5O3/c1-11-5-4-6-15(25-11)27-17(30)10-28(3)12(2)20(31)24-9-16(29)26-14-8-7-13(21)18(22)19(14)23/h4-8,12H,9-10H2,1-3H3,(H,24,31)(H,26,29)(H,25,27,30). The fraction of sp³-hybridized carbons (Fsp3) is 0.300. The fourth-order valence-electron chi connectivity index (χ4n) is 2.49. The van der Waals surface area contributed by atoms with Crippen LogP contribution in [0.15, 0.2) is 30.3 Å². The highest BCUT2D eigenvalue weighted by Crippen LogP contribution is 2.19. The van der Waals surface area contributed by atoms with Gasteiger partial charge in [0.15, 0.2) is 17.5 Å². The summed E-state index contributed by atoms with van der Waals surface area (Å²) in [4.78, 5) is 41.8. The predicted molar refractivity (Wildman–Crippen MR) is 108 cm³/mol. The number of rotatable bonds is 8. The van der Waals surface area contributed by atoms with Gasteiger partial charge in [-0.3, -0.25) is 19.3 Å². The van der Waals surface area contributed by atoms with Crippen LogP contribution in [0.4, 0.5) is 24.7 Å². The first-order chi connectivity index (χ1) is 14.6. The van der Waals surface area contributed by atoms with E-state index in [-0.39, 0.29) is 12.5 Å². The molecular formula is C20H22F3N5O3. The van der Waals surface area contributed by atoms with E-state index in [9.17, 15) is 27.6 Å². The van der Waals surface area contributed by atoms with Crippen LogP contribution in [-0.4, -0.2) is 53.8 Å². The lowest BCUT2D eigenvalue weighted by atomic mass is 10.2. The van der Waals surface area contributed by atoms with Crippen molar-refractivity contribution in [1.82, 2.24) is 15.2 Å². The zero-order valence-electron chi connectivity index (χ0n) is 17.1. The third kappa shape index (κ3) is 6.78. The Balaban J connectivity index is 1.82. The van der Waals surface area contributed by atoms with E-state index in [1.165, 1.54) is 11.8 Å². The number of pyridine rings is 1. The van der Waals surface area contributed by atoms with E-state index in [0.29, 0.717) is 11.9 Å². The topological polar surface area (TPSA) is 103 Å². The maximum atomic E-state index is 13.6. The molecule has 1 heterocycles. The number of aryl methyl sites for hydroxylation is 1. The molecule has 11 heteroatoms. The number of carbonyl (C=O) groups is 3. The molecule has 2 rings (SSSR count). The lowest BCUT2D eigenvalue weighted by Gasteiger charge is -2.23. The summed E-state index contributed by atoms with van der Waals surface area (Å²) in [5.74, 6) is -6.04. The molecule has 0 saturated carbocycles. The Labute approximate surface area is 176 Å². The van der Waals surface area contributed by atoms with Crippen LogP contribution in [0, 0.1) is 24.4 Å². The van der Waals surface area contributed by atoms with Gasteiger partial charge in [0.2, 0.25) is 17.7 Å². The van der Waals surface area contributed by atoms with Crippen molar-refractivity contribution in [3.63, 3.8) is 0 Å². The zero-order chi connectivity index (χ0) is 23.1. The summed E-state index contributed by atoms with van der Waals surface area (Å²) in [5.41, 5.74) is 0.185. The Morgan fingerprint density at radius 2 is 1.74 bits per heavy atom. The largest absolute Gasteiger partial charge is 0.346 e. The average molecular weight is 437 g/mol. The van der Waals surface area contributed by atoms with Crippen molar-refractivity contribution in [3.8, 4) is 0 Å². The third-order valence-corrected chi connectivity index (χ3v) is 4.32. The maximum Gasteiger partial charge on any atom is 0.243 e. The lowest BCUT2D eigenvalue weighted by molar-refractivity contribution is -0.128. The SMILES string of the molecule is Cc1cccc(NC(=O)CN(C)C(C)C(=O)NCC(=O)Nc2ccc(F)c(F)c2F)n1. The van der Waals surface area contributed by atoms with Crippen LogP contribution in [0.2, 0.25) is 0 Å². The number of carbonyl (C=O) groups excluding carboxylic acids is 3. The van der Waals surface area contributed by atoms with E-state index in [1.54, 1.807) is 32.2 Å². The summed E-state index contributed by atoms with van der Waals surface area (Å²) in [6.07, 6.45) is 0. The molecule has 1 unspecified atom stereocenters. The Kier molecular flexibility index (Phi) is 8.08. The van der Waals surface area contributed by atoms with Gasteiger partial charge in [-0.2, -0.15) is 0 Å². The Morgan fingerprint density at radius 3 is 2.42 bits per heavy atom. The molecule has 1 aromatic carbocycles. The summed E-state index contributed by atoms with van der Waals surface area (Å²) in [7, 11) is 1.55. The highest BCUT2D eigenvalue weighted by molar-refractivity contribution is 5.95. The fourth-order valence-corrected chi connectivity index (χ4v) is 2.49. The Morgan fingerprint density at radius 1 is 1.03 bits per heavy atom. The van der Waals surface area contributed by atoms with E-state index in [4.69, 9.17) is 0 Å². The molecule has 0 aliphatic carbocycles. The average Bonchev–Trinajstić information content (AvgIpc) is 2.71. The summed E-state index contributed by atoms with van der Waals surface area (Å²) in [6, 6.07) is 5.92. The van der Waals surface area contributed by atoms with E-state index >= 15 is 0 Å². The number of amides is 3. The first-order valence-corrected chi connectivity index (χ1v) is 9.23. The molecule has 166 valence electrons. The molecule has 1 aromatic heterocycles. The Bertz CT molecular complexity index is 987. The molecule has 1 atom stereocenters. The van der Waals surface area contributed by atoms with Gasteiger partial charge in [-0.25, -0.2) is 18.2 Å². The number of benzene rings is 1. The molecule has 0 aliphatic heterocycles. The molecule has 3 amide bonds. The number of anilines is 2. The second-order valence-corrected chi connectivity index (χ2v) is 6.79. The molecule has 0 aliphatic rings. The monoisotopic (exact) mass is 437 g/mol. The summed E-state index contributed by atoms with van der Waals surface area (Å²) in [5, 5.41) is 7.00. The van der Waals surface area contributed by atoms with Crippen molar-refractivity contribution >= 4 is 29.2 Å². The van der Waals surface area contributed by atoms with E-state index in [1.807, 2.05) is 5.32 Å². The van der Waals surface area contributed by atoms with E-state index in [2.05, 4.69) is 15.6 Å². The van der Waals surface area contributed by atoms with Crippen LogP contribution in [0.5, 0.6) is 0 Å². The van der Waals surface area contributed by atoms with Gasteiger partial charge in [0.25, 0.3) is 0 Å². The highest BCUT2D eigenvalue weighted by Gasteiger charge is 2.21. The van der Waals surface area contributed by atoms with Crippen molar-refractivity contribution in [2.24, 2.45) is 0 Å². The third-order valence-electron chi connectivity index (χ3n) is 4.32. The van der Waals surface area contributed by atoms with Gasteiger partial charge in [-0.1, -0.05) is 6.07 Å². The quantitative estimate of drug-likeness (QED) is 0.547. The number of halogens is 3. The number of aromatic nitrogens is 1. The van der Waals surface area contributed by atoms with Gasteiger partial charge in [-0.15, -0.1) is 0 Å². The maximum absolute atomic E-state index is 13.6. The first kappa shape index (κ1) is 23.8. The minimum Gasteiger partial charge on any atom is -0.346 e. The van der Waals surface area contributed by atoms with Crippen LogP contribution >= 0.6 is 0 Å². The molecule has 31 heavy (non-hydrogen) atoms. The molecule has 0 radical (unpaired) electrons. The highest BCUT2D eigenvalue weighted by atomic mass is 19.2. The van der Waals surface area contributed by atoms with E-state index < -0.39 is 47.5 Å². The second kappa shape index (κ2) is 10.5. The molecule has 2 aromatic rings. The van der Waals surface area contributed by atoms with E-state index in [0.717, 1.165) is 11.8 Å². The minimum absolute atomic E-state index is 0.115. The second-order valence-electron chi connectivity index (χ2n) is 6.79. The minimum atomic E-state index is -1.71. The lowest BCUT2D eigenvalue weighted by Crippen LogP contribution is -2.47. The summed E-state index contributed by atoms with van der Waals surface area (Å²) >= 11 is 0. The molecule has 3 N–H and O–H groups in total.